The van der Waals surface area contributed by atoms with E-state index >= 15 is 0 Å². The lowest BCUT2D eigenvalue weighted by Gasteiger charge is -2.35. The van der Waals surface area contributed by atoms with E-state index in [0.717, 1.165) is 0 Å². The molecule has 0 aliphatic heterocycles. The van der Waals surface area contributed by atoms with Crippen molar-refractivity contribution in [2.24, 2.45) is 0 Å². The Morgan fingerprint density at radius 2 is 2.13 bits per heavy atom. The Bertz CT molecular complexity index is 620. The number of aliphatic hydroxyl groups is 1. The number of nitrogens with zero attached hydrogens (tertiary/aromatic N) is 2. The fraction of sp³-hybridized carbons (Fsp3) is 0.688. The highest BCUT2D eigenvalue weighted by molar-refractivity contribution is 5.68. The van der Waals surface area contributed by atoms with Crippen molar-refractivity contribution in [1.82, 2.24) is 14.9 Å². The zero-order chi connectivity index (χ0) is 17.2. The maximum Gasteiger partial charge on any atom is 0.407 e. The molecular formula is C16H25N3O4. The monoisotopic (exact) mass is 323 g/mol. The van der Waals surface area contributed by atoms with Gasteiger partial charge in [-0.15, -0.1) is 0 Å². The minimum atomic E-state index is -0.587. The predicted molar refractivity (Wildman–Crippen MR) is 85.3 cm³/mol. The average Bonchev–Trinajstić information content (AvgIpc) is 2.39. The molecule has 0 radical (unpaired) electrons. The summed E-state index contributed by atoms with van der Waals surface area (Å²) in [5.74, 6) is 0. The molecule has 0 saturated heterocycles. The number of aryl methyl sites for hydroxylation is 1. The number of hydrogen-bond acceptors (Lipinski definition) is 5. The molecule has 0 aromatic carbocycles. The van der Waals surface area contributed by atoms with E-state index in [4.69, 9.17) is 4.74 Å². The maximum atomic E-state index is 12.1. The summed E-state index contributed by atoms with van der Waals surface area (Å²) in [7, 11) is 0. The summed E-state index contributed by atoms with van der Waals surface area (Å²) in [5, 5.41) is 12.8. The predicted octanol–water partition coefficient (Wildman–Crippen LogP) is 1.53. The van der Waals surface area contributed by atoms with Crippen LogP contribution in [0.15, 0.2) is 17.1 Å². The van der Waals surface area contributed by atoms with Crippen molar-refractivity contribution in [1.29, 1.82) is 0 Å². The molecule has 128 valence electrons. The fourth-order valence-electron chi connectivity index (χ4n) is 2.81. The third kappa shape index (κ3) is 4.79. The quantitative estimate of drug-likeness (QED) is 0.861. The van der Waals surface area contributed by atoms with Gasteiger partial charge in [0.25, 0.3) is 0 Å². The van der Waals surface area contributed by atoms with Crippen LogP contribution in [0.25, 0.3) is 0 Å². The molecule has 1 aliphatic carbocycles. The Morgan fingerprint density at radius 1 is 1.43 bits per heavy atom. The molecule has 1 aliphatic rings. The molecule has 3 unspecified atom stereocenters. The lowest BCUT2D eigenvalue weighted by atomic mass is 9.88. The molecule has 1 amide bonds. The third-order valence-electron chi connectivity index (χ3n) is 3.82. The van der Waals surface area contributed by atoms with Crippen molar-refractivity contribution in [2.75, 3.05) is 0 Å². The van der Waals surface area contributed by atoms with Gasteiger partial charge in [-0.3, -0.25) is 4.57 Å². The first-order valence-corrected chi connectivity index (χ1v) is 7.89. The summed E-state index contributed by atoms with van der Waals surface area (Å²) in [5.41, 5.74) is -0.324. The van der Waals surface area contributed by atoms with Crippen molar-refractivity contribution >= 4 is 6.09 Å². The van der Waals surface area contributed by atoms with Gasteiger partial charge in [-0.2, -0.15) is 4.98 Å². The summed E-state index contributed by atoms with van der Waals surface area (Å²) in [4.78, 5) is 28.1. The number of rotatable bonds is 2. The first kappa shape index (κ1) is 17.5. The van der Waals surface area contributed by atoms with Crippen LogP contribution in [0.1, 0.15) is 51.8 Å². The standard InChI is InChI=1S/C16H25N3O4/c1-10-7-8-19(14(21)17-10)13-9-11(20)5-6-12(13)18-15(22)23-16(2,3)4/h7-8,11-13,20H,5-6,9H2,1-4H3,(H,18,22). The highest BCUT2D eigenvalue weighted by Gasteiger charge is 2.33. The van der Waals surface area contributed by atoms with Crippen LogP contribution in [0.5, 0.6) is 0 Å². The molecule has 0 spiro atoms. The molecule has 1 heterocycles. The first-order chi connectivity index (χ1) is 10.7. The fourth-order valence-corrected chi connectivity index (χ4v) is 2.81. The minimum absolute atomic E-state index is 0.282. The van der Waals surface area contributed by atoms with Crippen LogP contribution in [0.2, 0.25) is 0 Å². The number of hydrogen-bond donors (Lipinski definition) is 2. The van der Waals surface area contributed by atoms with Gasteiger partial charge in [-0.1, -0.05) is 0 Å². The second-order valence-electron chi connectivity index (χ2n) is 7.05. The Kier molecular flexibility index (Phi) is 5.09. The van der Waals surface area contributed by atoms with E-state index in [1.54, 1.807) is 40.0 Å². The van der Waals surface area contributed by atoms with Crippen LogP contribution in [0.3, 0.4) is 0 Å². The molecular weight excluding hydrogens is 298 g/mol. The highest BCUT2D eigenvalue weighted by Crippen LogP contribution is 2.28. The average molecular weight is 323 g/mol. The van der Waals surface area contributed by atoms with Crippen molar-refractivity contribution in [3.63, 3.8) is 0 Å². The first-order valence-electron chi connectivity index (χ1n) is 7.89. The van der Waals surface area contributed by atoms with Gasteiger partial charge >= 0.3 is 11.8 Å². The number of alkyl carbamates (subject to hydrolysis) is 1. The molecule has 3 atom stereocenters. The van der Waals surface area contributed by atoms with Gasteiger partial charge in [0, 0.05) is 11.9 Å². The molecule has 1 aromatic heterocycles. The zero-order valence-corrected chi connectivity index (χ0v) is 14.1. The Labute approximate surface area is 135 Å². The van der Waals surface area contributed by atoms with Gasteiger partial charge in [0.1, 0.15) is 5.60 Å². The van der Waals surface area contributed by atoms with E-state index < -0.39 is 17.8 Å². The van der Waals surface area contributed by atoms with Crippen molar-refractivity contribution in [3.8, 4) is 0 Å². The molecule has 2 rings (SSSR count). The SMILES string of the molecule is Cc1ccn(C2CC(O)CCC2NC(=O)OC(C)(C)C)c(=O)n1. The number of nitrogens with one attached hydrogen (secondary N) is 1. The summed E-state index contributed by atoms with van der Waals surface area (Å²) >= 11 is 0. The second kappa shape index (κ2) is 6.70. The van der Waals surface area contributed by atoms with E-state index in [-0.39, 0.29) is 17.8 Å². The van der Waals surface area contributed by atoms with Gasteiger partial charge in [0.15, 0.2) is 0 Å². The number of ether oxygens (including phenoxy) is 1. The van der Waals surface area contributed by atoms with Gasteiger partial charge in [-0.05, 0) is 53.0 Å². The van der Waals surface area contributed by atoms with Gasteiger partial charge in [0.05, 0.1) is 18.2 Å². The van der Waals surface area contributed by atoms with E-state index in [1.165, 1.54) is 4.57 Å². The van der Waals surface area contributed by atoms with Crippen molar-refractivity contribution in [3.05, 3.63) is 28.4 Å². The van der Waals surface area contributed by atoms with Crippen LogP contribution in [-0.4, -0.2) is 38.5 Å². The number of carbonyl (C=O) groups excluding carboxylic acids is 1. The number of aliphatic hydroxyl groups excluding tert-OH is 1. The van der Waals surface area contributed by atoms with Crippen LogP contribution < -0.4 is 11.0 Å². The summed E-state index contributed by atoms with van der Waals surface area (Å²) in [6.45, 7) is 7.13. The molecule has 1 aromatic rings. The Hall–Kier alpha value is -1.89. The van der Waals surface area contributed by atoms with Crippen molar-refractivity contribution < 1.29 is 14.6 Å². The minimum Gasteiger partial charge on any atom is -0.444 e. The van der Waals surface area contributed by atoms with Gasteiger partial charge < -0.3 is 15.2 Å². The third-order valence-corrected chi connectivity index (χ3v) is 3.82. The van der Waals surface area contributed by atoms with E-state index in [9.17, 15) is 14.7 Å². The largest absolute Gasteiger partial charge is 0.444 e. The van der Waals surface area contributed by atoms with Crippen molar-refractivity contribution in [2.45, 2.75) is 70.7 Å². The second-order valence-corrected chi connectivity index (χ2v) is 7.05. The lowest BCUT2D eigenvalue weighted by molar-refractivity contribution is 0.0393. The topological polar surface area (TPSA) is 93.5 Å². The van der Waals surface area contributed by atoms with Crippen LogP contribution in [0.4, 0.5) is 4.79 Å². The Balaban J connectivity index is 2.19. The number of amides is 1. The molecule has 1 saturated carbocycles. The van der Waals surface area contributed by atoms with Gasteiger partial charge in [-0.25, -0.2) is 9.59 Å². The summed E-state index contributed by atoms with van der Waals surface area (Å²) in [6, 6.07) is 1.12. The number of carbonyl (C=O) groups is 1. The number of aromatic nitrogens is 2. The zero-order valence-electron chi connectivity index (χ0n) is 14.1. The van der Waals surface area contributed by atoms with E-state index in [0.29, 0.717) is 25.0 Å². The van der Waals surface area contributed by atoms with E-state index in [2.05, 4.69) is 10.3 Å². The van der Waals surface area contributed by atoms with Crippen LogP contribution >= 0.6 is 0 Å². The molecule has 1 fully saturated rings. The summed E-state index contributed by atoms with van der Waals surface area (Å²) in [6.07, 6.45) is 2.19. The van der Waals surface area contributed by atoms with Crippen LogP contribution in [0, 0.1) is 6.92 Å². The van der Waals surface area contributed by atoms with Gasteiger partial charge in [0.2, 0.25) is 0 Å². The molecule has 0 bridgehead atoms. The highest BCUT2D eigenvalue weighted by atomic mass is 16.6. The smallest absolute Gasteiger partial charge is 0.407 e. The lowest BCUT2D eigenvalue weighted by Crippen LogP contribution is -2.49. The maximum absolute atomic E-state index is 12.1. The molecule has 2 N–H and O–H groups in total. The van der Waals surface area contributed by atoms with Crippen LogP contribution in [-0.2, 0) is 4.74 Å². The summed E-state index contributed by atoms with van der Waals surface area (Å²) < 4.78 is 6.77. The molecule has 7 heteroatoms. The molecule has 7 nitrogen and oxygen atoms in total. The normalized spacial score (nSPS) is 25.0. The Morgan fingerprint density at radius 3 is 2.74 bits per heavy atom. The van der Waals surface area contributed by atoms with E-state index in [1.807, 2.05) is 0 Å². The molecule has 23 heavy (non-hydrogen) atoms.